The molecule has 0 fully saturated rings. The molecule has 1 aromatic carbocycles. The lowest BCUT2D eigenvalue weighted by Crippen LogP contribution is -2.22. The van der Waals surface area contributed by atoms with Gasteiger partial charge in [0.2, 0.25) is 0 Å². The first-order valence-corrected chi connectivity index (χ1v) is 9.42. The van der Waals surface area contributed by atoms with Gasteiger partial charge >= 0.3 is 0 Å². The largest absolute Gasteiger partial charge is 0.395 e. The summed E-state index contributed by atoms with van der Waals surface area (Å²) in [6.45, 7) is -0.114. The minimum Gasteiger partial charge on any atom is -0.395 e. The summed E-state index contributed by atoms with van der Waals surface area (Å²) in [5.41, 5.74) is 2.29. The van der Waals surface area contributed by atoms with E-state index in [2.05, 4.69) is 5.32 Å². The van der Waals surface area contributed by atoms with Crippen molar-refractivity contribution in [2.45, 2.75) is 11.4 Å². The van der Waals surface area contributed by atoms with Crippen LogP contribution in [0.4, 0.5) is 0 Å². The van der Waals surface area contributed by atoms with E-state index in [0.29, 0.717) is 12.1 Å². The molecule has 0 saturated carbocycles. The molecule has 2 N–H and O–H groups in total. The zero-order valence-corrected chi connectivity index (χ0v) is 14.2. The number of pyridine rings is 1. The highest BCUT2D eigenvalue weighted by Crippen LogP contribution is 2.13. The van der Waals surface area contributed by atoms with E-state index in [0.717, 1.165) is 11.1 Å². The SMILES string of the molecule is O=C(NCc1ccc(S(=O)(=O)CCO)cc1)c1cc2ccccn2c1. The first kappa shape index (κ1) is 17.2. The third-order valence-corrected chi connectivity index (χ3v) is 5.57. The molecular weight excluding hydrogens is 340 g/mol. The number of aromatic nitrogens is 1. The molecule has 1 amide bonds. The Morgan fingerprint density at radius 1 is 1.12 bits per heavy atom. The van der Waals surface area contributed by atoms with E-state index in [1.54, 1.807) is 24.4 Å². The molecule has 0 aliphatic carbocycles. The number of amides is 1. The van der Waals surface area contributed by atoms with E-state index >= 15 is 0 Å². The van der Waals surface area contributed by atoms with E-state index in [9.17, 15) is 13.2 Å². The van der Waals surface area contributed by atoms with Crippen LogP contribution < -0.4 is 5.32 Å². The molecule has 0 aliphatic rings. The van der Waals surface area contributed by atoms with Gasteiger partial charge < -0.3 is 14.8 Å². The van der Waals surface area contributed by atoms with Gasteiger partial charge in [0.05, 0.1) is 22.8 Å². The Kier molecular flexibility index (Phi) is 4.87. The number of benzene rings is 1. The lowest BCUT2D eigenvalue weighted by molar-refractivity contribution is 0.0951. The number of fused-ring (bicyclic) bond motifs is 1. The van der Waals surface area contributed by atoms with Crippen LogP contribution >= 0.6 is 0 Å². The maximum absolute atomic E-state index is 12.3. The fourth-order valence-corrected chi connectivity index (χ4v) is 3.54. The molecule has 0 unspecified atom stereocenters. The summed E-state index contributed by atoms with van der Waals surface area (Å²) in [6, 6.07) is 13.8. The molecule has 0 spiro atoms. The van der Waals surface area contributed by atoms with Crippen LogP contribution in [-0.4, -0.2) is 36.2 Å². The summed E-state index contributed by atoms with van der Waals surface area (Å²) in [5, 5.41) is 11.6. The average Bonchev–Trinajstić information content (AvgIpc) is 3.04. The summed E-state index contributed by atoms with van der Waals surface area (Å²) in [6.07, 6.45) is 3.63. The highest BCUT2D eigenvalue weighted by atomic mass is 32.2. The molecule has 0 radical (unpaired) electrons. The van der Waals surface area contributed by atoms with Crippen molar-refractivity contribution in [3.63, 3.8) is 0 Å². The normalized spacial score (nSPS) is 11.6. The number of hydrogen-bond acceptors (Lipinski definition) is 4. The molecule has 0 atom stereocenters. The van der Waals surface area contributed by atoms with Gasteiger partial charge in [-0.1, -0.05) is 18.2 Å². The van der Waals surface area contributed by atoms with Gasteiger partial charge in [-0.3, -0.25) is 4.79 Å². The molecule has 3 rings (SSSR count). The summed E-state index contributed by atoms with van der Waals surface area (Å²) in [7, 11) is -3.46. The van der Waals surface area contributed by atoms with E-state index in [4.69, 9.17) is 5.11 Å². The van der Waals surface area contributed by atoms with Gasteiger partial charge in [-0.15, -0.1) is 0 Å². The van der Waals surface area contributed by atoms with Crippen LogP contribution in [0.25, 0.3) is 5.52 Å². The van der Waals surface area contributed by atoms with Crippen LogP contribution in [0, 0.1) is 0 Å². The minimum absolute atomic E-state index is 0.162. The second-order valence-corrected chi connectivity index (χ2v) is 7.74. The van der Waals surface area contributed by atoms with Crippen molar-refractivity contribution in [3.05, 3.63) is 72.1 Å². The fraction of sp³-hybridized carbons (Fsp3) is 0.167. The Balaban J connectivity index is 1.66. The van der Waals surface area contributed by atoms with Gasteiger partial charge in [0, 0.05) is 24.5 Å². The van der Waals surface area contributed by atoms with Gasteiger partial charge in [0.1, 0.15) is 0 Å². The monoisotopic (exact) mass is 358 g/mol. The molecule has 130 valence electrons. The van der Waals surface area contributed by atoms with Crippen LogP contribution in [0.3, 0.4) is 0 Å². The zero-order chi connectivity index (χ0) is 17.9. The number of sulfone groups is 1. The van der Waals surface area contributed by atoms with E-state index in [1.807, 2.05) is 28.8 Å². The van der Waals surface area contributed by atoms with E-state index in [-0.39, 0.29) is 16.6 Å². The second kappa shape index (κ2) is 7.08. The van der Waals surface area contributed by atoms with Crippen molar-refractivity contribution >= 4 is 21.3 Å². The zero-order valence-electron chi connectivity index (χ0n) is 13.4. The Bertz CT molecular complexity index is 958. The summed E-state index contributed by atoms with van der Waals surface area (Å²) < 4.78 is 25.6. The lowest BCUT2D eigenvalue weighted by atomic mass is 10.2. The maximum atomic E-state index is 12.3. The third-order valence-electron chi connectivity index (χ3n) is 3.86. The van der Waals surface area contributed by atoms with Crippen molar-refractivity contribution in [2.24, 2.45) is 0 Å². The van der Waals surface area contributed by atoms with Gasteiger partial charge in [-0.05, 0) is 35.9 Å². The average molecular weight is 358 g/mol. The molecule has 0 bridgehead atoms. The van der Waals surface area contributed by atoms with Crippen LogP contribution in [0.1, 0.15) is 15.9 Å². The Hall–Kier alpha value is -2.64. The first-order chi connectivity index (χ1) is 12.0. The van der Waals surface area contributed by atoms with Gasteiger partial charge in [-0.25, -0.2) is 8.42 Å². The molecule has 7 heteroatoms. The number of carbonyl (C=O) groups is 1. The Labute approximate surface area is 145 Å². The molecule has 3 aromatic rings. The highest BCUT2D eigenvalue weighted by Gasteiger charge is 2.13. The van der Waals surface area contributed by atoms with Gasteiger partial charge in [0.25, 0.3) is 5.91 Å². The molecule has 6 nitrogen and oxygen atoms in total. The second-order valence-electron chi connectivity index (χ2n) is 5.63. The minimum atomic E-state index is -3.46. The number of carbonyl (C=O) groups excluding carboxylic acids is 1. The number of nitrogens with zero attached hydrogens (tertiary/aromatic N) is 1. The summed E-state index contributed by atoms with van der Waals surface area (Å²) in [4.78, 5) is 12.4. The van der Waals surface area contributed by atoms with Crippen molar-refractivity contribution in [1.82, 2.24) is 9.72 Å². The molecule has 0 saturated heterocycles. The summed E-state index contributed by atoms with van der Waals surface area (Å²) in [5.74, 6) is -0.494. The van der Waals surface area contributed by atoms with Crippen molar-refractivity contribution in [1.29, 1.82) is 0 Å². The van der Waals surface area contributed by atoms with Crippen LogP contribution in [0.2, 0.25) is 0 Å². The quantitative estimate of drug-likeness (QED) is 0.701. The van der Waals surface area contributed by atoms with Crippen molar-refractivity contribution in [2.75, 3.05) is 12.4 Å². The molecule has 0 aliphatic heterocycles. The molecule has 25 heavy (non-hydrogen) atoms. The first-order valence-electron chi connectivity index (χ1n) is 7.77. The fourth-order valence-electron chi connectivity index (χ4n) is 2.52. The number of rotatable bonds is 6. The van der Waals surface area contributed by atoms with Gasteiger partial charge in [-0.2, -0.15) is 0 Å². The summed E-state index contributed by atoms with van der Waals surface area (Å²) >= 11 is 0. The van der Waals surface area contributed by atoms with Gasteiger partial charge in [0.15, 0.2) is 9.84 Å². The Morgan fingerprint density at radius 3 is 2.56 bits per heavy atom. The molecule has 2 aromatic heterocycles. The number of aliphatic hydroxyl groups excluding tert-OH is 1. The van der Waals surface area contributed by atoms with Crippen LogP contribution in [-0.2, 0) is 16.4 Å². The van der Waals surface area contributed by atoms with Crippen molar-refractivity contribution in [3.8, 4) is 0 Å². The topological polar surface area (TPSA) is 87.9 Å². The number of nitrogens with one attached hydrogen (secondary N) is 1. The molecule has 2 heterocycles. The third kappa shape index (κ3) is 3.89. The van der Waals surface area contributed by atoms with Crippen LogP contribution in [0.5, 0.6) is 0 Å². The molecular formula is C18H18N2O4S. The van der Waals surface area contributed by atoms with E-state index < -0.39 is 16.4 Å². The number of aliphatic hydroxyl groups is 1. The van der Waals surface area contributed by atoms with Crippen LogP contribution in [0.15, 0.2) is 65.8 Å². The Morgan fingerprint density at radius 2 is 1.88 bits per heavy atom. The highest BCUT2D eigenvalue weighted by molar-refractivity contribution is 7.91. The maximum Gasteiger partial charge on any atom is 0.253 e. The predicted molar refractivity (Wildman–Crippen MR) is 94.1 cm³/mol. The number of hydrogen-bond donors (Lipinski definition) is 2. The predicted octanol–water partition coefficient (Wildman–Crippen LogP) is 1.64. The lowest BCUT2D eigenvalue weighted by Gasteiger charge is -2.06. The van der Waals surface area contributed by atoms with E-state index in [1.165, 1.54) is 12.1 Å². The van der Waals surface area contributed by atoms with Crippen molar-refractivity contribution < 1.29 is 18.3 Å². The standard InChI is InChI=1S/C18H18N2O4S/c21-9-10-25(23,24)17-6-4-14(5-7-17)12-19-18(22)15-11-16-3-1-2-8-20(16)13-15/h1-8,11,13,21H,9-10,12H2,(H,19,22). The smallest absolute Gasteiger partial charge is 0.253 e.